The van der Waals surface area contributed by atoms with Gasteiger partial charge in [-0.2, -0.15) is 0 Å². The predicted octanol–water partition coefficient (Wildman–Crippen LogP) is 4.58. The van der Waals surface area contributed by atoms with E-state index >= 15 is 0 Å². The lowest BCUT2D eigenvalue weighted by Gasteiger charge is -2.19. The Morgan fingerprint density at radius 2 is 2.05 bits per heavy atom. The molecule has 2 aromatic heterocycles. The van der Waals surface area contributed by atoms with E-state index < -0.39 is 5.60 Å². The van der Waals surface area contributed by atoms with Gasteiger partial charge in [-0.25, -0.2) is 4.79 Å². The Kier molecular flexibility index (Phi) is 4.20. The van der Waals surface area contributed by atoms with Gasteiger partial charge in [-0.1, -0.05) is 6.92 Å². The van der Waals surface area contributed by atoms with E-state index in [-0.39, 0.29) is 5.97 Å². The largest absolute Gasteiger partial charge is 0.456 e. The molecule has 2 N–H and O–H groups in total. The second kappa shape index (κ2) is 5.58. The van der Waals surface area contributed by atoms with Gasteiger partial charge in [-0.05, 0) is 39.3 Å². The third kappa shape index (κ3) is 3.22. The molecule has 0 bridgehead atoms. The van der Waals surface area contributed by atoms with Crippen LogP contribution in [0, 0.1) is 0 Å². The van der Waals surface area contributed by atoms with Gasteiger partial charge in [0.15, 0.2) is 0 Å². The predicted molar refractivity (Wildman–Crippen MR) is 86.6 cm³/mol. The zero-order valence-electron chi connectivity index (χ0n) is 12.1. The van der Waals surface area contributed by atoms with Gasteiger partial charge in [0, 0.05) is 20.7 Å². The van der Waals surface area contributed by atoms with Gasteiger partial charge >= 0.3 is 5.97 Å². The average Bonchev–Trinajstić information content (AvgIpc) is 2.92. The Bertz CT molecular complexity index is 620. The van der Waals surface area contributed by atoms with E-state index in [2.05, 4.69) is 13.0 Å². The number of hydrogen-bond donors (Lipinski definition) is 1. The summed E-state index contributed by atoms with van der Waals surface area (Å²) >= 11 is 3.07. The smallest absolute Gasteiger partial charge is 0.342 e. The van der Waals surface area contributed by atoms with Gasteiger partial charge < -0.3 is 10.5 Å². The minimum atomic E-state index is -0.521. The maximum atomic E-state index is 12.3. The van der Waals surface area contributed by atoms with Crippen LogP contribution in [0.25, 0.3) is 10.4 Å². The van der Waals surface area contributed by atoms with Crippen LogP contribution >= 0.6 is 22.7 Å². The molecule has 2 heterocycles. The Hall–Kier alpha value is -1.33. The lowest BCUT2D eigenvalue weighted by atomic mass is 10.1. The van der Waals surface area contributed by atoms with Crippen molar-refractivity contribution in [2.75, 3.05) is 5.73 Å². The van der Waals surface area contributed by atoms with Crippen LogP contribution in [0.5, 0.6) is 0 Å². The maximum absolute atomic E-state index is 12.3. The number of anilines is 1. The van der Waals surface area contributed by atoms with E-state index in [9.17, 15) is 4.79 Å². The lowest BCUT2D eigenvalue weighted by Crippen LogP contribution is -2.24. The number of rotatable bonds is 3. The van der Waals surface area contributed by atoms with Crippen molar-refractivity contribution in [3.8, 4) is 10.4 Å². The minimum Gasteiger partial charge on any atom is -0.456 e. The Labute approximate surface area is 127 Å². The molecule has 2 aromatic rings. The topological polar surface area (TPSA) is 52.3 Å². The van der Waals surface area contributed by atoms with Crippen molar-refractivity contribution in [2.24, 2.45) is 0 Å². The van der Waals surface area contributed by atoms with Crippen molar-refractivity contribution in [3.05, 3.63) is 28.0 Å². The molecule has 3 nitrogen and oxygen atoms in total. The van der Waals surface area contributed by atoms with Crippen LogP contribution in [0.4, 0.5) is 5.00 Å². The second-order valence-electron chi connectivity index (χ2n) is 5.51. The molecule has 0 atom stereocenters. The van der Waals surface area contributed by atoms with Gasteiger partial charge in [0.25, 0.3) is 0 Å². The molecule has 0 aliphatic rings. The number of ether oxygens (including phenoxy) is 1. The summed E-state index contributed by atoms with van der Waals surface area (Å²) in [6.07, 6.45) is 0.992. The molecule has 0 amide bonds. The molecule has 0 aliphatic heterocycles. The van der Waals surface area contributed by atoms with E-state index in [4.69, 9.17) is 10.5 Å². The van der Waals surface area contributed by atoms with E-state index in [1.807, 2.05) is 32.2 Å². The fourth-order valence-corrected chi connectivity index (χ4v) is 3.65. The van der Waals surface area contributed by atoms with Crippen molar-refractivity contribution in [1.82, 2.24) is 0 Å². The van der Waals surface area contributed by atoms with Crippen LogP contribution in [0.3, 0.4) is 0 Å². The number of nitrogens with two attached hydrogens (primary N) is 1. The van der Waals surface area contributed by atoms with Crippen LogP contribution in [0.15, 0.2) is 17.5 Å². The van der Waals surface area contributed by atoms with Crippen molar-refractivity contribution < 1.29 is 9.53 Å². The van der Waals surface area contributed by atoms with Crippen LogP contribution in [0.2, 0.25) is 0 Å². The summed E-state index contributed by atoms with van der Waals surface area (Å²) in [5.74, 6) is -0.349. The normalized spacial score (nSPS) is 11.6. The molecular formula is C15H19NO2S2. The first kappa shape index (κ1) is 15.1. The second-order valence-corrected chi connectivity index (χ2v) is 7.59. The highest BCUT2D eigenvalue weighted by Crippen LogP contribution is 2.38. The quantitative estimate of drug-likeness (QED) is 0.845. The SMILES string of the molecule is CCc1ccc(-c2csc(N)c2C(=O)OC(C)(C)C)s1. The Morgan fingerprint density at radius 3 is 2.60 bits per heavy atom. The molecular weight excluding hydrogens is 290 g/mol. The fraction of sp³-hybridized carbons (Fsp3) is 0.400. The van der Waals surface area contributed by atoms with Crippen molar-refractivity contribution in [2.45, 2.75) is 39.7 Å². The third-order valence-corrected chi connectivity index (χ3v) is 4.77. The molecule has 20 heavy (non-hydrogen) atoms. The summed E-state index contributed by atoms with van der Waals surface area (Å²) in [6, 6.07) is 4.13. The zero-order chi connectivity index (χ0) is 14.9. The summed E-state index contributed by atoms with van der Waals surface area (Å²) in [7, 11) is 0. The molecule has 0 aliphatic carbocycles. The Balaban J connectivity index is 2.39. The molecule has 5 heteroatoms. The first-order chi connectivity index (χ1) is 9.31. The highest BCUT2D eigenvalue weighted by Gasteiger charge is 2.25. The van der Waals surface area contributed by atoms with Gasteiger partial charge in [-0.3, -0.25) is 0 Å². The molecule has 0 spiro atoms. The summed E-state index contributed by atoms with van der Waals surface area (Å²) < 4.78 is 5.45. The number of aryl methyl sites for hydroxylation is 1. The molecule has 0 unspecified atom stereocenters. The number of esters is 1. The molecule has 2 rings (SSSR count). The van der Waals surface area contributed by atoms with E-state index in [1.165, 1.54) is 16.2 Å². The third-order valence-electron chi connectivity index (χ3n) is 2.70. The van der Waals surface area contributed by atoms with Gasteiger partial charge in [0.1, 0.15) is 16.2 Å². The minimum absolute atomic E-state index is 0.349. The van der Waals surface area contributed by atoms with Gasteiger partial charge in [0.05, 0.1) is 0 Å². The summed E-state index contributed by atoms with van der Waals surface area (Å²) in [4.78, 5) is 14.7. The highest BCUT2D eigenvalue weighted by molar-refractivity contribution is 7.17. The molecule has 0 fully saturated rings. The molecule has 0 aromatic carbocycles. The zero-order valence-corrected chi connectivity index (χ0v) is 13.8. The molecule has 0 saturated carbocycles. The number of nitrogen functional groups attached to an aromatic ring is 1. The van der Waals surface area contributed by atoms with Crippen LogP contribution in [-0.4, -0.2) is 11.6 Å². The van der Waals surface area contributed by atoms with Crippen LogP contribution in [0.1, 0.15) is 42.9 Å². The summed E-state index contributed by atoms with van der Waals surface area (Å²) in [5, 5.41) is 2.44. The highest BCUT2D eigenvalue weighted by atomic mass is 32.1. The number of carbonyl (C=O) groups excluding carboxylic acids is 1. The summed E-state index contributed by atoms with van der Waals surface area (Å²) in [6.45, 7) is 7.68. The number of thiophene rings is 2. The van der Waals surface area contributed by atoms with Crippen molar-refractivity contribution in [3.63, 3.8) is 0 Å². The number of hydrogen-bond acceptors (Lipinski definition) is 5. The number of carbonyl (C=O) groups is 1. The maximum Gasteiger partial charge on any atom is 0.342 e. The standard InChI is InChI=1S/C15H19NO2S2/c1-5-9-6-7-11(20-9)10-8-19-13(16)12(10)14(17)18-15(2,3)4/h6-8H,5,16H2,1-4H3. The van der Waals surface area contributed by atoms with Crippen LogP contribution < -0.4 is 5.73 Å². The van der Waals surface area contributed by atoms with Crippen molar-refractivity contribution >= 4 is 33.6 Å². The first-order valence-electron chi connectivity index (χ1n) is 6.51. The lowest BCUT2D eigenvalue weighted by molar-refractivity contribution is 0.00722. The van der Waals surface area contributed by atoms with Crippen LogP contribution in [-0.2, 0) is 11.2 Å². The van der Waals surface area contributed by atoms with E-state index in [1.54, 1.807) is 11.3 Å². The van der Waals surface area contributed by atoms with Gasteiger partial charge in [0.2, 0.25) is 0 Å². The van der Waals surface area contributed by atoms with Crippen molar-refractivity contribution in [1.29, 1.82) is 0 Å². The van der Waals surface area contributed by atoms with Gasteiger partial charge in [-0.15, -0.1) is 22.7 Å². The fourth-order valence-electron chi connectivity index (χ4n) is 1.81. The summed E-state index contributed by atoms with van der Waals surface area (Å²) in [5.41, 5.74) is 6.81. The van der Waals surface area contributed by atoms with E-state index in [0.717, 1.165) is 16.9 Å². The molecule has 0 radical (unpaired) electrons. The molecule has 0 saturated heterocycles. The Morgan fingerprint density at radius 1 is 1.35 bits per heavy atom. The first-order valence-corrected chi connectivity index (χ1v) is 8.21. The van der Waals surface area contributed by atoms with E-state index in [0.29, 0.717) is 10.6 Å². The monoisotopic (exact) mass is 309 g/mol. The average molecular weight is 309 g/mol. The molecule has 108 valence electrons.